The first-order valence-electron chi connectivity index (χ1n) is 7.91. The van der Waals surface area contributed by atoms with Gasteiger partial charge in [-0.15, -0.1) is 0 Å². The maximum atomic E-state index is 5.46. The van der Waals surface area contributed by atoms with Crippen LogP contribution in [0.5, 0.6) is 0 Å². The average molecular weight is 371 g/mol. The topological polar surface area (TPSA) is 55.4 Å². The molecule has 0 N–H and O–H groups in total. The van der Waals surface area contributed by atoms with Crippen LogP contribution in [0.25, 0.3) is 0 Å². The van der Waals surface area contributed by atoms with Gasteiger partial charge >= 0.3 is 17.6 Å². The van der Waals surface area contributed by atoms with Crippen molar-refractivity contribution in [3.63, 3.8) is 0 Å². The van der Waals surface area contributed by atoms with Gasteiger partial charge in [0.25, 0.3) is 0 Å². The summed E-state index contributed by atoms with van der Waals surface area (Å²) >= 11 is 0. The molecule has 7 nitrogen and oxygen atoms in total. The van der Waals surface area contributed by atoms with Crippen molar-refractivity contribution in [2.75, 3.05) is 69.8 Å². The lowest BCUT2D eigenvalue weighted by atomic mass is 10.3. The summed E-state index contributed by atoms with van der Waals surface area (Å²) in [7, 11) is 9.48. The Balaban J connectivity index is 4.29. The standard InChI is InChI=1S/C14H36NO6Si2/c1-15(2,11-9-13-22(16-3,17-4)18-5)12-10-14-23(19-6,20-7)21-8/h9-14H2,1-8H3/q+1. The molecule has 0 amide bonds. The largest absolute Gasteiger partial charge is 0.500 e. The first-order valence-corrected chi connectivity index (χ1v) is 11.8. The summed E-state index contributed by atoms with van der Waals surface area (Å²) in [4.78, 5) is 0. The van der Waals surface area contributed by atoms with Crippen molar-refractivity contribution >= 4 is 17.6 Å². The van der Waals surface area contributed by atoms with Crippen LogP contribution in [-0.2, 0) is 26.6 Å². The summed E-state index contributed by atoms with van der Waals surface area (Å²) in [6.07, 6.45) is 1.99. The van der Waals surface area contributed by atoms with E-state index in [9.17, 15) is 0 Å². The highest BCUT2D eigenvalue weighted by atomic mass is 28.4. The fraction of sp³-hybridized carbons (Fsp3) is 1.00. The Morgan fingerprint density at radius 3 is 1.04 bits per heavy atom. The Morgan fingerprint density at radius 1 is 0.565 bits per heavy atom. The van der Waals surface area contributed by atoms with E-state index in [0.29, 0.717) is 0 Å². The second-order valence-electron chi connectivity index (χ2n) is 6.18. The minimum Gasteiger partial charge on any atom is -0.377 e. The zero-order chi connectivity index (χ0) is 18.0. The van der Waals surface area contributed by atoms with Crippen LogP contribution < -0.4 is 0 Å². The van der Waals surface area contributed by atoms with Gasteiger partial charge in [-0.2, -0.15) is 0 Å². The fourth-order valence-electron chi connectivity index (χ4n) is 2.67. The molecule has 0 bridgehead atoms. The van der Waals surface area contributed by atoms with Gasteiger partial charge in [0.1, 0.15) is 0 Å². The monoisotopic (exact) mass is 370 g/mol. The lowest BCUT2D eigenvalue weighted by Gasteiger charge is -2.32. The summed E-state index contributed by atoms with van der Waals surface area (Å²) in [5.74, 6) is 0. The highest BCUT2D eigenvalue weighted by molar-refractivity contribution is 6.60. The summed E-state index contributed by atoms with van der Waals surface area (Å²) in [5.41, 5.74) is 0. The van der Waals surface area contributed by atoms with Gasteiger partial charge in [-0.25, -0.2) is 0 Å². The lowest BCUT2D eigenvalue weighted by Crippen LogP contribution is -2.47. The molecule has 0 aliphatic carbocycles. The Labute approximate surface area is 144 Å². The molecule has 0 saturated carbocycles. The molecule has 0 aromatic heterocycles. The van der Waals surface area contributed by atoms with Gasteiger partial charge in [0, 0.05) is 67.6 Å². The SMILES string of the molecule is CO[Si](CCC[N+](C)(C)CCC[Si](OC)(OC)OC)(OC)OC. The first-order chi connectivity index (χ1) is 10.8. The predicted molar refractivity (Wildman–Crippen MR) is 94.3 cm³/mol. The van der Waals surface area contributed by atoms with Gasteiger partial charge in [0.15, 0.2) is 0 Å². The highest BCUT2D eigenvalue weighted by Crippen LogP contribution is 2.19. The Morgan fingerprint density at radius 2 is 0.826 bits per heavy atom. The minimum absolute atomic E-state index is 0.824. The Bertz CT molecular complexity index is 267. The van der Waals surface area contributed by atoms with Crippen molar-refractivity contribution in [3.8, 4) is 0 Å². The highest BCUT2D eigenvalue weighted by Gasteiger charge is 2.39. The van der Waals surface area contributed by atoms with Crippen LogP contribution in [0.3, 0.4) is 0 Å². The van der Waals surface area contributed by atoms with Gasteiger partial charge in [-0.1, -0.05) is 0 Å². The van der Waals surface area contributed by atoms with Crippen LogP contribution in [-0.4, -0.2) is 91.9 Å². The van der Waals surface area contributed by atoms with Gasteiger partial charge in [0.05, 0.1) is 27.2 Å². The van der Waals surface area contributed by atoms with E-state index in [4.69, 9.17) is 26.6 Å². The third-order valence-corrected chi connectivity index (χ3v) is 10.0. The molecular weight excluding hydrogens is 334 g/mol. The molecule has 0 rings (SSSR count). The second kappa shape index (κ2) is 10.9. The van der Waals surface area contributed by atoms with Crippen molar-refractivity contribution in [2.45, 2.75) is 24.9 Å². The molecule has 0 aromatic rings. The molecule has 0 fully saturated rings. The van der Waals surface area contributed by atoms with E-state index in [2.05, 4.69) is 14.1 Å². The molecule has 0 radical (unpaired) electrons. The Kier molecular flexibility index (Phi) is 11.0. The molecule has 23 heavy (non-hydrogen) atoms. The number of quaternary nitrogens is 1. The molecule has 0 aromatic carbocycles. The third kappa shape index (κ3) is 7.71. The molecule has 0 aliphatic rings. The summed E-state index contributed by atoms with van der Waals surface area (Å²) in [6.45, 7) is 2.07. The van der Waals surface area contributed by atoms with Gasteiger partial charge in [0.2, 0.25) is 0 Å². The van der Waals surface area contributed by atoms with E-state index in [0.717, 1.165) is 42.5 Å². The van der Waals surface area contributed by atoms with Crippen LogP contribution in [0.1, 0.15) is 12.8 Å². The van der Waals surface area contributed by atoms with Gasteiger partial charge in [-0.3, -0.25) is 0 Å². The van der Waals surface area contributed by atoms with E-state index in [-0.39, 0.29) is 0 Å². The molecule has 0 aliphatic heterocycles. The smallest absolute Gasteiger partial charge is 0.377 e. The van der Waals surface area contributed by atoms with Crippen LogP contribution in [0.4, 0.5) is 0 Å². The minimum atomic E-state index is -2.46. The normalized spacial score (nSPS) is 13.6. The van der Waals surface area contributed by atoms with Gasteiger partial charge < -0.3 is 31.0 Å². The summed E-state index contributed by atoms with van der Waals surface area (Å²) in [5, 5.41) is 0. The molecule has 0 saturated heterocycles. The van der Waals surface area contributed by atoms with Crippen molar-refractivity contribution < 1.29 is 31.0 Å². The number of rotatable bonds is 14. The number of nitrogens with zero attached hydrogens (tertiary/aromatic N) is 1. The quantitative estimate of drug-likeness (QED) is 0.342. The summed E-state index contributed by atoms with van der Waals surface area (Å²) in [6, 6.07) is 1.65. The van der Waals surface area contributed by atoms with E-state index >= 15 is 0 Å². The maximum absolute atomic E-state index is 5.46. The molecular formula is C14H36NO6Si2+. The molecule has 0 heterocycles. The second-order valence-corrected chi connectivity index (χ2v) is 12.4. The molecule has 0 spiro atoms. The molecule has 140 valence electrons. The summed E-state index contributed by atoms with van der Waals surface area (Å²) < 4.78 is 33.7. The zero-order valence-electron chi connectivity index (χ0n) is 16.1. The van der Waals surface area contributed by atoms with E-state index in [1.807, 2.05) is 0 Å². The first kappa shape index (κ1) is 23.2. The van der Waals surface area contributed by atoms with Crippen molar-refractivity contribution in [1.82, 2.24) is 0 Å². The van der Waals surface area contributed by atoms with Crippen LogP contribution in [0.2, 0.25) is 12.1 Å². The van der Waals surface area contributed by atoms with E-state index < -0.39 is 17.6 Å². The third-order valence-electron chi connectivity index (χ3n) is 4.36. The predicted octanol–water partition coefficient (Wildman–Crippen LogP) is 1.60. The maximum Gasteiger partial charge on any atom is 0.500 e. The van der Waals surface area contributed by atoms with Crippen molar-refractivity contribution in [1.29, 1.82) is 0 Å². The lowest BCUT2D eigenvalue weighted by molar-refractivity contribution is -0.890. The van der Waals surface area contributed by atoms with Crippen molar-refractivity contribution in [2.24, 2.45) is 0 Å². The molecule has 9 heteroatoms. The molecule has 0 unspecified atom stereocenters. The van der Waals surface area contributed by atoms with Crippen LogP contribution >= 0.6 is 0 Å². The zero-order valence-corrected chi connectivity index (χ0v) is 18.1. The van der Waals surface area contributed by atoms with Crippen molar-refractivity contribution in [3.05, 3.63) is 0 Å². The number of hydrogen-bond donors (Lipinski definition) is 0. The van der Waals surface area contributed by atoms with Gasteiger partial charge in [-0.05, 0) is 0 Å². The average Bonchev–Trinajstić information content (AvgIpc) is 2.56. The Hall–Kier alpha value is 0.154. The molecule has 0 atom stereocenters. The van der Waals surface area contributed by atoms with Crippen LogP contribution in [0.15, 0.2) is 0 Å². The fourth-order valence-corrected chi connectivity index (χ4v) is 6.08. The van der Waals surface area contributed by atoms with E-state index in [1.54, 1.807) is 42.7 Å². The van der Waals surface area contributed by atoms with E-state index in [1.165, 1.54) is 0 Å². The number of hydrogen-bond acceptors (Lipinski definition) is 6. The van der Waals surface area contributed by atoms with Crippen LogP contribution in [0, 0.1) is 0 Å².